The molecule has 242 valence electrons. The second kappa shape index (κ2) is 14.2. The van der Waals surface area contributed by atoms with E-state index in [-0.39, 0.29) is 0 Å². The molecule has 0 saturated heterocycles. The van der Waals surface area contributed by atoms with Gasteiger partial charge in [-0.1, -0.05) is 0 Å². The van der Waals surface area contributed by atoms with Crippen LogP contribution in [0.1, 0.15) is 0 Å². The van der Waals surface area contributed by atoms with Crippen molar-refractivity contribution in [2.24, 2.45) is 0 Å². The van der Waals surface area contributed by atoms with E-state index in [4.69, 9.17) is 0 Å². The number of hydrogen-bond acceptors (Lipinski definition) is 6. The predicted molar refractivity (Wildman–Crippen MR) is 127 cm³/mol. The predicted octanol–water partition coefficient (Wildman–Crippen LogP) is 6.92. The molecule has 0 spiro atoms. The van der Waals surface area contributed by atoms with Crippen LogP contribution in [0.2, 0.25) is 0 Å². The van der Waals surface area contributed by atoms with Crippen LogP contribution in [0, 0.1) is 69.8 Å². The topological polar surface area (TPSA) is 71.2 Å². The van der Waals surface area contributed by atoms with E-state index >= 15 is 0 Å². The number of ether oxygens (including phenoxy) is 3. The van der Waals surface area contributed by atoms with Gasteiger partial charge >= 0.3 is 7.32 Å². The number of halogens is 12. The van der Waals surface area contributed by atoms with Gasteiger partial charge in [0.25, 0.3) is 0 Å². The third-order valence-corrected chi connectivity index (χ3v) is 5.30. The molecule has 0 aliphatic rings. The van der Waals surface area contributed by atoms with Crippen molar-refractivity contribution < 1.29 is 80.9 Å². The van der Waals surface area contributed by atoms with Gasteiger partial charge < -0.3 is 33.2 Å². The van der Waals surface area contributed by atoms with Gasteiger partial charge in [0.05, 0.1) is 21.3 Å². The zero-order valence-corrected chi connectivity index (χ0v) is 22.4. The summed E-state index contributed by atoms with van der Waals surface area (Å²) in [4.78, 5) is 2.86. The van der Waals surface area contributed by atoms with Gasteiger partial charge in [0.2, 0.25) is 69.8 Å². The molecule has 0 saturated carbocycles. The Bertz CT molecular complexity index is 1500. The average Bonchev–Trinajstić information content (AvgIpc) is 3.61. The number of aromatic amines is 1. The van der Waals surface area contributed by atoms with Crippen LogP contribution >= 0.6 is 0 Å². The summed E-state index contributed by atoms with van der Waals surface area (Å²) in [7, 11) is -1.74. The molecule has 7 nitrogen and oxygen atoms in total. The van der Waals surface area contributed by atoms with E-state index in [0.717, 1.165) is 0 Å². The highest BCUT2D eigenvalue weighted by molar-refractivity contribution is 6.39. The molecule has 0 bridgehead atoms. The summed E-state index contributed by atoms with van der Waals surface area (Å²) in [5, 5.41) is 0. The highest BCUT2D eigenvalue weighted by Crippen LogP contribution is 2.40. The number of nitrogens with one attached hydrogen (secondary N) is 1. The van der Waals surface area contributed by atoms with Crippen LogP contribution in [-0.4, -0.2) is 33.6 Å². The molecular weight excluding hydrogens is 649 g/mol. The third kappa shape index (κ3) is 6.58. The van der Waals surface area contributed by atoms with Crippen LogP contribution in [0.5, 0.6) is 34.5 Å². The summed E-state index contributed by atoms with van der Waals surface area (Å²) in [5.41, 5.74) is 0. The molecule has 1 N–H and O–H groups in total. The normalized spacial score (nSPS) is 10.6. The van der Waals surface area contributed by atoms with Crippen molar-refractivity contribution in [1.29, 1.82) is 0 Å². The Hall–Kier alpha value is -5.04. The number of rotatable bonds is 9. The maximum absolute atomic E-state index is 14.6. The van der Waals surface area contributed by atoms with Crippen molar-refractivity contribution in [3.05, 3.63) is 94.3 Å². The molecule has 0 radical (unpaired) electrons. The third-order valence-electron chi connectivity index (χ3n) is 5.30. The molecule has 0 unspecified atom stereocenters. The van der Waals surface area contributed by atoms with Crippen molar-refractivity contribution in [3.8, 4) is 34.5 Å². The fourth-order valence-corrected chi connectivity index (χ4v) is 3.26. The molecule has 45 heavy (non-hydrogen) atoms. The van der Waals surface area contributed by atoms with Gasteiger partial charge in [-0.3, -0.25) is 0 Å². The fourth-order valence-electron chi connectivity index (χ4n) is 3.26. The highest BCUT2D eigenvalue weighted by atomic mass is 19.2. The largest absolute Gasteiger partial charge is 0.864 e. The van der Waals surface area contributed by atoms with E-state index < -0.39 is 112 Å². The molecule has 4 rings (SSSR count). The van der Waals surface area contributed by atoms with Gasteiger partial charge in [-0.2, -0.15) is 39.5 Å². The number of H-pyrrole nitrogens is 1. The summed E-state index contributed by atoms with van der Waals surface area (Å²) in [6, 6.07) is 3.89. The lowest BCUT2D eigenvalue weighted by Gasteiger charge is -2.20. The Balaban J connectivity index is 0.00000100. The van der Waals surface area contributed by atoms with Crippen LogP contribution in [0.25, 0.3) is 0 Å². The van der Waals surface area contributed by atoms with E-state index in [1.54, 1.807) is 0 Å². The second-order valence-electron chi connectivity index (χ2n) is 7.88. The molecule has 3 aromatic carbocycles. The van der Waals surface area contributed by atoms with Crippen molar-refractivity contribution in [2.45, 2.75) is 0 Å². The zero-order chi connectivity index (χ0) is 33.7. The number of benzene rings is 3. The highest BCUT2D eigenvalue weighted by Gasteiger charge is 2.42. The lowest BCUT2D eigenvalue weighted by Crippen LogP contribution is -2.39. The zero-order valence-electron chi connectivity index (χ0n) is 22.4. The molecule has 0 atom stereocenters. The summed E-state index contributed by atoms with van der Waals surface area (Å²) in [6.45, 7) is 0. The van der Waals surface area contributed by atoms with Gasteiger partial charge in [-0.05, 0) is 12.1 Å². The Morgan fingerprint density at radius 1 is 0.378 bits per heavy atom. The van der Waals surface area contributed by atoms with Gasteiger partial charge in [0, 0.05) is 12.4 Å². The SMILES string of the molecule is COc1c(F)c(F)c(F)c(OB(Oc2c(F)c(F)c(F)c(OC)c2F)Oc2c(F)c(F)c(F)c(OC)c2F)c1F.c1cc[nH]c1. The summed E-state index contributed by atoms with van der Waals surface area (Å²) in [6.07, 6.45) is 3.75. The van der Waals surface area contributed by atoms with Crippen LogP contribution in [-0.2, 0) is 0 Å². The van der Waals surface area contributed by atoms with E-state index in [2.05, 4.69) is 33.2 Å². The van der Waals surface area contributed by atoms with Crippen LogP contribution in [0.3, 0.4) is 0 Å². The Morgan fingerprint density at radius 3 is 0.822 bits per heavy atom. The smallest absolute Gasteiger partial charge is 0.491 e. The molecule has 1 heterocycles. The Labute approximate surface area is 244 Å². The monoisotopic (exact) mass is 663 g/mol. The number of aromatic nitrogens is 1. The Kier molecular flexibility index (Phi) is 10.8. The molecule has 20 heteroatoms. The first kappa shape index (κ1) is 34.5. The van der Waals surface area contributed by atoms with E-state index in [1.165, 1.54) is 0 Å². The standard InChI is InChI=1S/C21H9BF12O6.C4H5N/c1-35-16-7(26)4(23)10(29)19(13(16)32)38-22(39-20-11(30)5(24)8(27)17(36-2)14(20)33)40-21-12(31)6(25)9(28)18(37-3)15(21)34;1-2-4-5-3-1/h1-3H3;1-5H. The quantitative estimate of drug-likeness (QED) is 0.0909. The van der Waals surface area contributed by atoms with Gasteiger partial charge in [-0.25, -0.2) is 13.2 Å². The summed E-state index contributed by atoms with van der Waals surface area (Å²) < 4.78 is 196. The lowest BCUT2D eigenvalue weighted by molar-refractivity contribution is 0.244. The first-order chi connectivity index (χ1) is 21.2. The molecule has 4 aromatic rings. The lowest BCUT2D eigenvalue weighted by atomic mass is 10.1. The van der Waals surface area contributed by atoms with E-state index in [1.807, 2.05) is 24.5 Å². The fraction of sp³-hybridized carbons (Fsp3) is 0.120. The minimum absolute atomic E-state index is 0.559. The number of methoxy groups -OCH3 is 3. The van der Waals surface area contributed by atoms with E-state index in [9.17, 15) is 52.7 Å². The van der Waals surface area contributed by atoms with Crippen molar-refractivity contribution >= 4 is 7.32 Å². The molecule has 0 aliphatic carbocycles. The number of hydrogen-bond donors (Lipinski definition) is 1. The molecular formula is C25H14BF12NO6. The van der Waals surface area contributed by atoms with Crippen molar-refractivity contribution in [2.75, 3.05) is 21.3 Å². The molecule has 0 fully saturated rings. The summed E-state index contributed by atoms with van der Waals surface area (Å²) >= 11 is 0. The van der Waals surface area contributed by atoms with Gasteiger partial charge in [0.1, 0.15) is 0 Å². The van der Waals surface area contributed by atoms with Crippen LogP contribution in [0.15, 0.2) is 24.5 Å². The van der Waals surface area contributed by atoms with Crippen molar-refractivity contribution in [3.63, 3.8) is 0 Å². The van der Waals surface area contributed by atoms with Gasteiger partial charge in [0.15, 0.2) is 34.5 Å². The first-order valence-corrected chi connectivity index (χ1v) is 11.5. The second-order valence-corrected chi connectivity index (χ2v) is 7.88. The average molecular weight is 663 g/mol. The Morgan fingerprint density at radius 2 is 0.622 bits per heavy atom. The maximum Gasteiger partial charge on any atom is 0.864 e. The molecule has 0 aliphatic heterocycles. The van der Waals surface area contributed by atoms with Crippen molar-refractivity contribution in [1.82, 2.24) is 4.98 Å². The minimum Gasteiger partial charge on any atom is -0.491 e. The van der Waals surface area contributed by atoms with Crippen LogP contribution < -0.4 is 28.2 Å². The minimum atomic E-state index is -3.42. The summed E-state index contributed by atoms with van der Waals surface area (Å²) in [5.74, 6) is -40.0. The maximum atomic E-state index is 14.6. The van der Waals surface area contributed by atoms with Gasteiger partial charge in [-0.15, -0.1) is 0 Å². The van der Waals surface area contributed by atoms with E-state index in [0.29, 0.717) is 21.3 Å². The molecule has 1 aromatic heterocycles. The molecule has 0 amide bonds. The first-order valence-electron chi connectivity index (χ1n) is 11.5. The van der Waals surface area contributed by atoms with Crippen LogP contribution in [0.4, 0.5) is 52.7 Å².